The van der Waals surface area contributed by atoms with Gasteiger partial charge in [0, 0.05) is 12.1 Å². The van der Waals surface area contributed by atoms with Crippen LogP contribution in [0.4, 0.5) is 13.2 Å². The standard InChI is InChI=1S/C12H12ClF3N2O2/c1-19-9-3-7-8(4-10(9)20-2)18(6-12(14,15)16)11(5-13)17-7/h3-4H,5-6H2,1-2H3. The molecule has 20 heavy (non-hydrogen) atoms. The fourth-order valence-corrected chi connectivity index (χ4v) is 2.16. The summed E-state index contributed by atoms with van der Waals surface area (Å²) in [5.74, 6) is 0.770. The Morgan fingerprint density at radius 1 is 1.20 bits per heavy atom. The number of hydrogen-bond acceptors (Lipinski definition) is 3. The predicted octanol–water partition coefficient (Wildman–Crippen LogP) is 3.35. The molecule has 1 heterocycles. The second-order valence-electron chi connectivity index (χ2n) is 4.06. The monoisotopic (exact) mass is 308 g/mol. The number of nitrogens with zero attached hydrogens (tertiary/aromatic N) is 2. The highest BCUT2D eigenvalue weighted by Crippen LogP contribution is 2.33. The topological polar surface area (TPSA) is 36.3 Å². The molecule has 8 heteroatoms. The fourth-order valence-electron chi connectivity index (χ4n) is 1.96. The van der Waals surface area contributed by atoms with E-state index in [9.17, 15) is 13.2 Å². The van der Waals surface area contributed by atoms with Gasteiger partial charge in [0.1, 0.15) is 12.4 Å². The van der Waals surface area contributed by atoms with Crippen LogP contribution in [0.1, 0.15) is 5.82 Å². The zero-order valence-electron chi connectivity index (χ0n) is 10.8. The highest BCUT2D eigenvalue weighted by atomic mass is 35.5. The Bertz CT molecular complexity index is 625. The zero-order chi connectivity index (χ0) is 14.9. The largest absolute Gasteiger partial charge is 0.493 e. The van der Waals surface area contributed by atoms with Gasteiger partial charge in [-0.3, -0.25) is 0 Å². The summed E-state index contributed by atoms with van der Waals surface area (Å²) in [5, 5.41) is 0. The van der Waals surface area contributed by atoms with E-state index in [0.717, 1.165) is 4.57 Å². The van der Waals surface area contributed by atoms with E-state index in [1.807, 2.05) is 0 Å². The Morgan fingerprint density at radius 3 is 2.30 bits per heavy atom. The van der Waals surface area contributed by atoms with Crippen LogP contribution in [0.5, 0.6) is 11.5 Å². The molecule has 0 aliphatic heterocycles. The molecular formula is C12H12ClF3N2O2. The minimum atomic E-state index is -4.36. The lowest BCUT2D eigenvalue weighted by molar-refractivity contribution is -0.140. The highest BCUT2D eigenvalue weighted by molar-refractivity contribution is 6.16. The minimum Gasteiger partial charge on any atom is -0.493 e. The molecule has 0 spiro atoms. The van der Waals surface area contributed by atoms with Crippen LogP contribution in [0.3, 0.4) is 0 Å². The quantitative estimate of drug-likeness (QED) is 0.813. The average molecular weight is 309 g/mol. The minimum absolute atomic E-state index is 0.116. The number of alkyl halides is 4. The van der Waals surface area contributed by atoms with Gasteiger partial charge in [0.05, 0.1) is 31.1 Å². The lowest BCUT2D eigenvalue weighted by atomic mass is 10.2. The van der Waals surface area contributed by atoms with E-state index in [2.05, 4.69) is 4.98 Å². The molecule has 0 aliphatic rings. The molecule has 0 radical (unpaired) electrons. The number of benzene rings is 1. The summed E-state index contributed by atoms with van der Waals surface area (Å²) in [5.41, 5.74) is 0.679. The van der Waals surface area contributed by atoms with Gasteiger partial charge in [-0.2, -0.15) is 13.2 Å². The number of hydrogen-bond donors (Lipinski definition) is 0. The molecule has 1 aromatic heterocycles. The molecule has 0 N–H and O–H groups in total. The highest BCUT2D eigenvalue weighted by Gasteiger charge is 2.30. The Kier molecular flexibility index (Phi) is 3.99. The van der Waals surface area contributed by atoms with E-state index in [4.69, 9.17) is 21.1 Å². The molecule has 110 valence electrons. The first-order valence-corrected chi connectivity index (χ1v) is 6.17. The molecule has 1 aromatic carbocycles. The number of methoxy groups -OCH3 is 2. The van der Waals surface area contributed by atoms with Crippen molar-refractivity contribution in [1.29, 1.82) is 0 Å². The third kappa shape index (κ3) is 2.77. The summed E-state index contributed by atoms with van der Waals surface area (Å²) in [6, 6.07) is 2.99. The van der Waals surface area contributed by atoms with Crippen molar-refractivity contribution >= 4 is 22.6 Å². The van der Waals surface area contributed by atoms with E-state index in [0.29, 0.717) is 22.5 Å². The molecule has 2 aromatic rings. The van der Waals surface area contributed by atoms with Crippen LogP contribution in [0.15, 0.2) is 12.1 Å². The molecule has 0 bridgehead atoms. The van der Waals surface area contributed by atoms with Crippen LogP contribution in [0.2, 0.25) is 0 Å². The third-order valence-corrected chi connectivity index (χ3v) is 3.03. The van der Waals surface area contributed by atoms with E-state index in [1.54, 1.807) is 0 Å². The van der Waals surface area contributed by atoms with Crippen molar-refractivity contribution < 1.29 is 22.6 Å². The molecule has 2 rings (SSSR count). The molecule has 4 nitrogen and oxygen atoms in total. The average Bonchev–Trinajstić information content (AvgIpc) is 2.72. The Labute approximate surface area is 118 Å². The summed E-state index contributed by atoms with van der Waals surface area (Å²) in [6.07, 6.45) is -4.36. The van der Waals surface area contributed by atoms with Crippen molar-refractivity contribution in [1.82, 2.24) is 9.55 Å². The molecular weight excluding hydrogens is 297 g/mol. The summed E-state index contributed by atoms with van der Waals surface area (Å²) in [4.78, 5) is 4.09. The Morgan fingerprint density at radius 2 is 1.80 bits per heavy atom. The first kappa shape index (κ1) is 14.8. The molecule has 0 saturated carbocycles. The maximum absolute atomic E-state index is 12.6. The van der Waals surface area contributed by atoms with E-state index in [-0.39, 0.29) is 11.7 Å². The summed E-state index contributed by atoms with van der Waals surface area (Å²) >= 11 is 5.67. The second-order valence-corrected chi connectivity index (χ2v) is 4.33. The van der Waals surface area contributed by atoms with E-state index < -0.39 is 12.7 Å². The van der Waals surface area contributed by atoms with Gasteiger partial charge in [0.2, 0.25) is 0 Å². The number of aromatic nitrogens is 2. The van der Waals surface area contributed by atoms with Crippen LogP contribution >= 0.6 is 11.6 Å². The number of rotatable bonds is 4. The molecule has 0 unspecified atom stereocenters. The molecule has 0 atom stereocenters. The van der Waals surface area contributed by atoms with Gasteiger partial charge in [0.15, 0.2) is 11.5 Å². The number of imidazole rings is 1. The first-order valence-electron chi connectivity index (χ1n) is 5.63. The van der Waals surface area contributed by atoms with Crippen molar-refractivity contribution in [2.24, 2.45) is 0 Å². The Hall–Kier alpha value is -1.63. The van der Waals surface area contributed by atoms with Crippen molar-refractivity contribution in [3.8, 4) is 11.5 Å². The van der Waals surface area contributed by atoms with Crippen molar-refractivity contribution in [3.05, 3.63) is 18.0 Å². The van der Waals surface area contributed by atoms with E-state index in [1.165, 1.54) is 26.4 Å². The zero-order valence-corrected chi connectivity index (χ0v) is 11.5. The number of ether oxygens (including phenoxy) is 2. The van der Waals surface area contributed by atoms with Crippen molar-refractivity contribution in [2.75, 3.05) is 14.2 Å². The maximum Gasteiger partial charge on any atom is 0.406 e. The predicted molar refractivity (Wildman–Crippen MR) is 68.4 cm³/mol. The van der Waals surface area contributed by atoms with Gasteiger partial charge < -0.3 is 14.0 Å². The fraction of sp³-hybridized carbons (Fsp3) is 0.417. The van der Waals surface area contributed by atoms with E-state index >= 15 is 0 Å². The van der Waals surface area contributed by atoms with Crippen molar-refractivity contribution in [2.45, 2.75) is 18.6 Å². The third-order valence-electron chi connectivity index (χ3n) is 2.79. The SMILES string of the molecule is COc1cc2nc(CCl)n(CC(F)(F)F)c2cc1OC. The van der Waals surface area contributed by atoms with Gasteiger partial charge >= 0.3 is 6.18 Å². The van der Waals surface area contributed by atoms with Gasteiger partial charge in [-0.05, 0) is 0 Å². The summed E-state index contributed by atoms with van der Waals surface area (Å²) in [7, 11) is 2.86. The number of halogens is 4. The molecule has 0 saturated heterocycles. The van der Waals surface area contributed by atoms with Gasteiger partial charge in [-0.25, -0.2) is 4.98 Å². The van der Waals surface area contributed by atoms with Gasteiger partial charge in [-0.1, -0.05) is 0 Å². The van der Waals surface area contributed by atoms with Crippen LogP contribution < -0.4 is 9.47 Å². The summed E-state index contributed by atoms with van der Waals surface area (Å²) < 4.78 is 49.2. The van der Waals surface area contributed by atoms with Crippen molar-refractivity contribution in [3.63, 3.8) is 0 Å². The normalized spacial score (nSPS) is 11.9. The van der Waals surface area contributed by atoms with Crippen LogP contribution in [0, 0.1) is 0 Å². The maximum atomic E-state index is 12.6. The van der Waals surface area contributed by atoms with Crippen LogP contribution in [-0.4, -0.2) is 29.9 Å². The van der Waals surface area contributed by atoms with Gasteiger partial charge in [0.25, 0.3) is 0 Å². The lowest BCUT2D eigenvalue weighted by Gasteiger charge is -2.12. The van der Waals surface area contributed by atoms with Crippen LogP contribution in [-0.2, 0) is 12.4 Å². The molecule has 0 fully saturated rings. The Balaban J connectivity index is 2.65. The second kappa shape index (κ2) is 5.40. The smallest absolute Gasteiger partial charge is 0.406 e. The van der Waals surface area contributed by atoms with Gasteiger partial charge in [-0.15, -0.1) is 11.6 Å². The molecule has 0 aliphatic carbocycles. The molecule has 0 amide bonds. The summed E-state index contributed by atoms with van der Waals surface area (Å²) in [6.45, 7) is -1.15. The first-order chi connectivity index (χ1) is 9.39. The number of fused-ring (bicyclic) bond motifs is 1. The lowest BCUT2D eigenvalue weighted by Crippen LogP contribution is -2.19. The van der Waals surface area contributed by atoms with Crippen LogP contribution in [0.25, 0.3) is 11.0 Å².